The summed E-state index contributed by atoms with van der Waals surface area (Å²) in [6, 6.07) is 12.7. The van der Waals surface area contributed by atoms with Crippen LogP contribution in [-0.4, -0.2) is 19.1 Å². The van der Waals surface area contributed by atoms with Crippen LogP contribution in [0.15, 0.2) is 46.4 Å². The zero-order chi connectivity index (χ0) is 19.8. The molecule has 0 atom stereocenters. The Balaban J connectivity index is 2.31. The third kappa shape index (κ3) is 5.97. The molecule has 140 valence electrons. The van der Waals surface area contributed by atoms with Gasteiger partial charge in [-0.3, -0.25) is 4.79 Å². The number of benzene rings is 2. The first-order valence-corrected chi connectivity index (χ1v) is 10.1. The number of hydrogen-bond acceptors (Lipinski definition) is 4. The molecule has 0 radical (unpaired) electrons. The summed E-state index contributed by atoms with van der Waals surface area (Å²) in [5, 5.41) is 12.1. The number of nitrogens with one attached hydrogen (secondary N) is 1. The van der Waals surface area contributed by atoms with Crippen molar-refractivity contribution in [2.24, 2.45) is 0 Å². The highest BCUT2D eigenvalue weighted by Gasteiger charge is 2.14. The summed E-state index contributed by atoms with van der Waals surface area (Å²) < 4.78 is 13.0. The number of carbonyl (C=O) groups is 1. The van der Waals surface area contributed by atoms with Gasteiger partial charge in [0, 0.05) is 10.2 Å². The van der Waals surface area contributed by atoms with Gasteiger partial charge in [0.05, 0.1) is 16.8 Å². The van der Waals surface area contributed by atoms with Gasteiger partial charge in [-0.1, -0.05) is 15.9 Å². The average Bonchev–Trinajstić information content (AvgIpc) is 2.64. The number of hydrogen-bond donors (Lipinski definition) is 1. The van der Waals surface area contributed by atoms with E-state index >= 15 is 0 Å². The van der Waals surface area contributed by atoms with E-state index in [0.29, 0.717) is 36.0 Å². The predicted molar refractivity (Wildman–Crippen MR) is 118 cm³/mol. The number of carbonyl (C=O) groups excluding carboxylic acids is 1. The lowest BCUT2D eigenvalue weighted by atomic mass is 10.1. The Morgan fingerprint density at radius 3 is 2.48 bits per heavy atom. The molecule has 0 fully saturated rings. The molecule has 0 aliphatic heterocycles. The molecule has 1 N–H and O–H groups in total. The minimum Gasteiger partial charge on any atom is -0.490 e. The summed E-state index contributed by atoms with van der Waals surface area (Å²) in [6.45, 7) is 4.79. The van der Waals surface area contributed by atoms with Gasteiger partial charge in [0.25, 0.3) is 5.91 Å². The monoisotopic (exact) mass is 540 g/mol. The van der Waals surface area contributed by atoms with Gasteiger partial charge in [0.2, 0.25) is 0 Å². The van der Waals surface area contributed by atoms with Crippen LogP contribution in [0.3, 0.4) is 0 Å². The molecule has 2 rings (SSSR count). The summed E-state index contributed by atoms with van der Waals surface area (Å²) >= 11 is 5.49. The third-order valence-corrected chi connectivity index (χ3v) is 4.73. The van der Waals surface area contributed by atoms with Crippen molar-refractivity contribution in [3.8, 4) is 17.6 Å². The van der Waals surface area contributed by atoms with Gasteiger partial charge < -0.3 is 14.8 Å². The average molecular weight is 541 g/mol. The van der Waals surface area contributed by atoms with Gasteiger partial charge in [-0.05, 0) is 84.5 Å². The molecule has 0 saturated heterocycles. The fourth-order valence-electron chi connectivity index (χ4n) is 2.27. The minimum absolute atomic E-state index is 0.000303. The minimum atomic E-state index is -0.471. The standard InChI is InChI=1S/C20H18BrIN2O3/c1-3-26-18-11-13(10-17(22)19(18)27-4-2)9-14(12-23)20(25)24-16-7-5-15(21)6-8-16/h5-11H,3-4H2,1-2H3,(H,24,25)/b14-9-. The van der Waals surface area contributed by atoms with E-state index in [1.807, 2.05) is 38.1 Å². The quantitative estimate of drug-likeness (QED) is 0.290. The first-order chi connectivity index (χ1) is 13.0. The van der Waals surface area contributed by atoms with E-state index in [0.717, 1.165) is 8.04 Å². The van der Waals surface area contributed by atoms with Crippen LogP contribution in [0.5, 0.6) is 11.5 Å². The molecule has 0 aromatic heterocycles. The fourth-order valence-corrected chi connectivity index (χ4v) is 3.31. The molecule has 1 amide bonds. The Hall–Kier alpha value is -2.05. The largest absolute Gasteiger partial charge is 0.490 e. The molecule has 0 spiro atoms. The van der Waals surface area contributed by atoms with E-state index in [2.05, 4.69) is 43.8 Å². The van der Waals surface area contributed by atoms with Gasteiger partial charge in [-0.15, -0.1) is 0 Å². The summed E-state index contributed by atoms with van der Waals surface area (Å²) in [5.41, 5.74) is 1.30. The van der Waals surface area contributed by atoms with Crippen LogP contribution >= 0.6 is 38.5 Å². The molecular formula is C20H18BrIN2O3. The highest BCUT2D eigenvalue weighted by molar-refractivity contribution is 14.1. The first kappa shape index (κ1) is 21.3. The Bertz CT molecular complexity index is 889. The van der Waals surface area contributed by atoms with Crippen molar-refractivity contribution in [1.29, 1.82) is 5.26 Å². The zero-order valence-electron chi connectivity index (χ0n) is 14.9. The Kier molecular flexibility index (Phi) is 8.13. The number of rotatable bonds is 7. The fraction of sp³-hybridized carbons (Fsp3) is 0.200. The number of halogens is 2. The van der Waals surface area contributed by atoms with E-state index in [1.54, 1.807) is 18.2 Å². The van der Waals surface area contributed by atoms with E-state index in [1.165, 1.54) is 6.08 Å². The van der Waals surface area contributed by atoms with Crippen LogP contribution in [-0.2, 0) is 4.79 Å². The molecule has 0 aliphatic rings. The van der Waals surface area contributed by atoms with Crippen molar-refractivity contribution in [2.45, 2.75) is 13.8 Å². The molecule has 27 heavy (non-hydrogen) atoms. The predicted octanol–water partition coefficient (Wildman–Crippen LogP) is 5.40. The van der Waals surface area contributed by atoms with E-state index < -0.39 is 5.91 Å². The molecule has 0 saturated carbocycles. The third-order valence-electron chi connectivity index (χ3n) is 3.40. The summed E-state index contributed by atoms with van der Waals surface area (Å²) in [5.74, 6) is 0.778. The van der Waals surface area contributed by atoms with Crippen molar-refractivity contribution in [1.82, 2.24) is 0 Å². The van der Waals surface area contributed by atoms with Crippen molar-refractivity contribution in [2.75, 3.05) is 18.5 Å². The summed E-state index contributed by atoms with van der Waals surface area (Å²) in [4.78, 5) is 12.4. The van der Waals surface area contributed by atoms with Gasteiger partial charge in [0.15, 0.2) is 11.5 Å². The second-order valence-electron chi connectivity index (χ2n) is 5.33. The Morgan fingerprint density at radius 2 is 1.89 bits per heavy atom. The Labute approximate surface area is 180 Å². The number of amides is 1. The van der Waals surface area contributed by atoms with Crippen LogP contribution in [0.2, 0.25) is 0 Å². The van der Waals surface area contributed by atoms with Crippen molar-refractivity contribution >= 4 is 56.2 Å². The lowest BCUT2D eigenvalue weighted by molar-refractivity contribution is -0.112. The van der Waals surface area contributed by atoms with E-state index in [9.17, 15) is 10.1 Å². The second kappa shape index (κ2) is 10.3. The van der Waals surface area contributed by atoms with Gasteiger partial charge in [-0.25, -0.2) is 0 Å². The molecular weight excluding hydrogens is 523 g/mol. The highest BCUT2D eigenvalue weighted by atomic mass is 127. The van der Waals surface area contributed by atoms with Crippen LogP contribution in [0.1, 0.15) is 19.4 Å². The van der Waals surface area contributed by atoms with Crippen molar-refractivity contribution in [3.05, 3.63) is 55.6 Å². The maximum Gasteiger partial charge on any atom is 0.266 e. The number of anilines is 1. The molecule has 5 nitrogen and oxygen atoms in total. The summed E-state index contributed by atoms with van der Waals surface area (Å²) in [6.07, 6.45) is 1.54. The maximum absolute atomic E-state index is 12.4. The molecule has 0 bridgehead atoms. The SMILES string of the molecule is CCOc1cc(/C=C(/C#N)C(=O)Nc2ccc(Br)cc2)cc(I)c1OCC. The lowest BCUT2D eigenvalue weighted by Gasteiger charge is -2.13. The van der Waals surface area contributed by atoms with E-state index in [-0.39, 0.29) is 5.57 Å². The van der Waals surface area contributed by atoms with Crippen LogP contribution in [0.4, 0.5) is 5.69 Å². The number of nitrogens with zero attached hydrogens (tertiary/aromatic N) is 1. The van der Waals surface area contributed by atoms with Gasteiger partial charge in [-0.2, -0.15) is 5.26 Å². The van der Waals surface area contributed by atoms with E-state index in [4.69, 9.17) is 9.47 Å². The highest BCUT2D eigenvalue weighted by Crippen LogP contribution is 2.35. The van der Waals surface area contributed by atoms with Gasteiger partial charge >= 0.3 is 0 Å². The van der Waals surface area contributed by atoms with Crippen LogP contribution in [0.25, 0.3) is 6.08 Å². The molecule has 2 aromatic rings. The molecule has 7 heteroatoms. The summed E-state index contributed by atoms with van der Waals surface area (Å²) in [7, 11) is 0. The van der Waals surface area contributed by atoms with Crippen molar-refractivity contribution in [3.63, 3.8) is 0 Å². The molecule has 0 heterocycles. The van der Waals surface area contributed by atoms with Crippen LogP contribution < -0.4 is 14.8 Å². The number of ether oxygens (including phenoxy) is 2. The molecule has 2 aromatic carbocycles. The smallest absolute Gasteiger partial charge is 0.266 e. The molecule has 0 unspecified atom stereocenters. The number of nitriles is 1. The topological polar surface area (TPSA) is 71.3 Å². The van der Waals surface area contributed by atoms with Crippen LogP contribution in [0, 0.1) is 14.9 Å². The first-order valence-electron chi connectivity index (χ1n) is 8.26. The van der Waals surface area contributed by atoms with Crippen molar-refractivity contribution < 1.29 is 14.3 Å². The second-order valence-corrected chi connectivity index (χ2v) is 7.40. The van der Waals surface area contributed by atoms with Gasteiger partial charge in [0.1, 0.15) is 11.6 Å². The molecule has 0 aliphatic carbocycles. The zero-order valence-corrected chi connectivity index (χ0v) is 18.6. The normalized spacial score (nSPS) is 10.9. The lowest BCUT2D eigenvalue weighted by Crippen LogP contribution is -2.13. The maximum atomic E-state index is 12.4. The Morgan fingerprint density at radius 1 is 1.22 bits per heavy atom.